The Kier molecular flexibility index (Phi) is 7.94. The van der Waals surface area contributed by atoms with E-state index in [0.29, 0.717) is 5.57 Å². The SMILES string of the molecule is COC(=O)[C@@]12OC[C@]34[C@H]([C@@H](O)[C@@H]1O)[C@@]1(C)C=C(O[C@@H]5OC[C@@H](O)[C@H](O)[C@H]5O)C(=O)[C@@H](C)[C@@H]1C[C@H]3OC(=O)[C@H](OC(=O)C=C(C)C)[C@@H]24. The second-order valence-corrected chi connectivity index (χ2v) is 13.8. The maximum absolute atomic E-state index is 13.7. The summed E-state index contributed by atoms with van der Waals surface area (Å²) in [6.07, 6.45) is -9.90. The van der Waals surface area contributed by atoms with Crippen LogP contribution in [-0.2, 0) is 47.6 Å². The van der Waals surface area contributed by atoms with Gasteiger partial charge in [0.15, 0.2) is 11.5 Å². The van der Waals surface area contributed by atoms with Crippen molar-refractivity contribution < 1.29 is 73.1 Å². The molecule has 6 aliphatic rings. The van der Waals surface area contributed by atoms with Gasteiger partial charge in [0.1, 0.15) is 30.5 Å². The van der Waals surface area contributed by atoms with Crippen molar-refractivity contribution >= 4 is 23.7 Å². The third-order valence-corrected chi connectivity index (χ3v) is 11.2. The van der Waals surface area contributed by atoms with E-state index in [4.69, 9.17) is 28.4 Å². The summed E-state index contributed by atoms with van der Waals surface area (Å²) in [5, 5.41) is 54.3. The molecule has 5 N–H and O–H groups in total. The molecule has 0 aromatic heterocycles. The van der Waals surface area contributed by atoms with E-state index in [1.165, 1.54) is 6.08 Å². The molecule has 3 heterocycles. The zero-order valence-electron chi connectivity index (χ0n) is 26.0. The van der Waals surface area contributed by atoms with E-state index in [1.807, 2.05) is 0 Å². The lowest BCUT2D eigenvalue weighted by atomic mass is 9.38. The van der Waals surface area contributed by atoms with E-state index >= 15 is 0 Å². The summed E-state index contributed by atoms with van der Waals surface area (Å²) in [7, 11) is 1.07. The number of allylic oxidation sites excluding steroid dienone is 3. The Labute approximate surface area is 264 Å². The van der Waals surface area contributed by atoms with Gasteiger partial charge in [0.05, 0.1) is 32.3 Å². The Morgan fingerprint density at radius 1 is 1.04 bits per heavy atom. The monoisotopic (exact) mass is 652 g/mol. The molecule has 15 heteroatoms. The number of ether oxygens (including phenoxy) is 6. The quantitative estimate of drug-likeness (QED) is 0.126. The van der Waals surface area contributed by atoms with Crippen LogP contribution in [0.1, 0.15) is 34.1 Å². The van der Waals surface area contributed by atoms with E-state index in [1.54, 1.807) is 27.7 Å². The Bertz CT molecular complexity index is 1390. The zero-order valence-corrected chi connectivity index (χ0v) is 26.0. The number of fused-ring (bicyclic) bond motifs is 2. The predicted octanol–water partition coefficient (Wildman–Crippen LogP) is -1.73. The summed E-state index contributed by atoms with van der Waals surface area (Å²) in [5.41, 5.74) is -4.38. The highest BCUT2D eigenvalue weighted by Gasteiger charge is 2.85. The molecule has 0 amide bonds. The van der Waals surface area contributed by atoms with Gasteiger partial charge >= 0.3 is 17.9 Å². The van der Waals surface area contributed by atoms with Gasteiger partial charge in [-0.05, 0) is 37.7 Å². The Balaban J connectivity index is 1.49. The molecule has 0 unspecified atom stereocenters. The van der Waals surface area contributed by atoms with E-state index in [-0.39, 0.29) is 25.4 Å². The summed E-state index contributed by atoms with van der Waals surface area (Å²) in [6, 6.07) is 0. The maximum Gasteiger partial charge on any atom is 0.348 e. The lowest BCUT2D eigenvalue weighted by Crippen LogP contribution is -2.79. The molecule has 0 aromatic rings. The first-order valence-electron chi connectivity index (χ1n) is 15.3. The average molecular weight is 653 g/mol. The van der Waals surface area contributed by atoms with Gasteiger partial charge in [-0.3, -0.25) is 4.79 Å². The predicted molar refractivity (Wildman–Crippen MR) is 149 cm³/mol. The van der Waals surface area contributed by atoms with Gasteiger partial charge in [-0.1, -0.05) is 19.4 Å². The van der Waals surface area contributed by atoms with Crippen molar-refractivity contribution in [3.8, 4) is 0 Å². The zero-order chi connectivity index (χ0) is 33.7. The Morgan fingerprint density at radius 3 is 2.39 bits per heavy atom. The molecule has 15 atom stereocenters. The average Bonchev–Trinajstić information content (AvgIpc) is 3.30. The molecule has 46 heavy (non-hydrogen) atoms. The third-order valence-electron chi connectivity index (χ3n) is 11.2. The molecule has 1 spiro atoms. The highest BCUT2D eigenvalue weighted by molar-refractivity contribution is 5.97. The van der Waals surface area contributed by atoms with E-state index < -0.39 is 113 Å². The van der Waals surface area contributed by atoms with Gasteiger partial charge in [0, 0.05) is 23.3 Å². The number of hydrogen-bond acceptors (Lipinski definition) is 15. The van der Waals surface area contributed by atoms with Crippen molar-refractivity contribution in [1.82, 2.24) is 0 Å². The summed E-state index contributed by atoms with van der Waals surface area (Å²) < 4.78 is 34.0. The van der Waals surface area contributed by atoms with Crippen LogP contribution in [0.5, 0.6) is 0 Å². The molecule has 3 saturated heterocycles. The van der Waals surface area contributed by atoms with Gasteiger partial charge in [-0.15, -0.1) is 0 Å². The van der Waals surface area contributed by atoms with Crippen LogP contribution in [-0.4, -0.2) is 124 Å². The first-order chi connectivity index (χ1) is 21.6. The smallest absolute Gasteiger partial charge is 0.348 e. The van der Waals surface area contributed by atoms with Gasteiger partial charge in [-0.2, -0.15) is 0 Å². The van der Waals surface area contributed by atoms with Crippen LogP contribution in [0.2, 0.25) is 0 Å². The molecule has 0 radical (unpaired) electrons. The second kappa shape index (κ2) is 11.1. The molecule has 15 nitrogen and oxygen atoms in total. The number of rotatable bonds is 5. The summed E-state index contributed by atoms with van der Waals surface area (Å²) in [6.45, 7) is 6.00. The molecule has 3 aliphatic heterocycles. The topological polar surface area (TPSA) is 225 Å². The number of aliphatic hydroxyl groups excluding tert-OH is 5. The van der Waals surface area contributed by atoms with Crippen molar-refractivity contribution in [3.63, 3.8) is 0 Å². The Morgan fingerprint density at radius 2 is 1.74 bits per heavy atom. The third kappa shape index (κ3) is 4.29. The molecule has 2 bridgehead atoms. The number of methoxy groups -OCH3 is 1. The van der Waals surface area contributed by atoms with Crippen LogP contribution < -0.4 is 0 Å². The van der Waals surface area contributed by atoms with Gasteiger partial charge in [0.2, 0.25) is 18.0 Å². The number of Topliss-reactive ketones (excluding diaryl/α,β-unsaturated/α-hetero) is 1. The van der Waals surface area contributed by atoms with Crippen molar-refractivity contribution in [2.75, 3.05) is 20.3 Å². The van der Waals surface area contributed by atoms with Crippen molar-refractivity contribution in [2.24, 2.45) is 34.5 Å². The first-order valence-corrected chi connectivity index (χ1v) is 15.3. The molecular weight excluding hydrogens is 612 g/mol. The van der Waals surface area contributed by atoms with Crippen LogP contribution in [0.15, 0.2) is 23.5 Å². The fourth-order valence-corrected chi connectivity index (χ4v) is 9.29. The second-order valence-electron chi connectivity index (χ2n) is 13.8. The van der Waals surface area contributed by atoms with Crippen molar-refractivity contribution in [3.05, 3.63) is 23.5 Å². The van der Waals surface area contributed by atoms with Gasteiger partial charge in [0.25, 0.3) is 0 Å². The first kappa shape index (κ1) is 33.0. The fraction of sp³-hybridized carbons (Fsp3) is 0.742. The molecule has 0 aromatic carbocycles. The van der Waals surface area contributed by atoms with Crippen molar-refractivity contribution in [1.29, 1.82) is 0 Å². The molecular formula is C31H40O15. The number of hydrogen-bond donors (Lipinski definition) is 5. The van der Waals surface area contributed by atoms with Gasteiger partial charge in [-0.25, -0.2) is 14.4 Å². The molecule has 5 fully saturated rings. The lowest BCUT2D eigenvalue weighted by Gasteiger charge is -2.67. The standard InChI is InChI=1S/C31H40O15/c1-11(2)6-17(33)46-22-24-30-10-43-31(24,28(40)41-5)25(38)21(37)23(30)29(4)8-15(44-27-20(36)19(35)14(32)9-42-27)18(34)12(3)13(29)7-16(30)45-26(22)39/h6,8,12-14,16,19-25,27,32,35-38H,7,9-10H2,1-5H3/t12-,13-,14+,16+,19-,20+,21+,22+,23+,24+,25-,27-,29-,30+,31-/m0/s1. The summed E-state index contributed by atoms with van der Waals surface area (Å²) in [4.78, 5) is 53.7. The largest absolute Gasteiger partial charge is 0.467 e. The highest BCUT2D eigenvalue weighted by atomic mass is 16.7. The Hall–Kier alpha value is -2.92. The van der Waals surface area contributed by atoms with E-state index in [0.717, 1.165) is 13.2 Å². The minimum atomic E-state index is -2.31. The molecule has 6 rings (SSSR count). The maximum atomic E-state index is 13.7. The summed E-state index contributed by atoms with van der Waals surface area (Å²) in [5.74, 6) is -7.48. The fourth-order valence-electron chi connectivity index (χ4n) is 9.29. The normalized spacial score (nSPS) is 49.0. The minimum absolute atomic E-state index is 0.0808. The number of ketones is 1. The number of carbonyl (C=O) groups excluding carboxylic acids is 4. The van der Waals surface area contributed by atoms with E-state index in [2.05, 4.69) is 0 Å². The molecule has 2 saturated carbocycles. The summed E-state index contributed by atoms with van der Waals surface area (Å²) >= 11 is 0. The lowest BCUT2D eigenvalue weighted by molar-refractivity contribution is -0.289. The van der Waals surface area contributed by atoms with Crippen LogP contribution in [0.3, 0.4) is 0 Å². The molecule has 254 valence electrons. The number of carbonyl (C=O) groups is 4. The van der Waals surface area contributed by atoms with Crippen LogP contribution >= 0.6 is 0 Å². The number of aliphatic hydroxyl groups is 5. The van der Waals surface area contributed by atoms with Gasteiger partial charge < -0.3 is 54.0 Å². The minimum Gasteiger partial charge on any atom is -0.467 e. The van der Waals surface area contributed by atoms with Crippen molar-refractivity contribution in [2.45, 2.75) is 88.7 Å². The number of esters is 3. The highest BCUT2D eigenvalue weighted by Crippen LogP contribution is 2.72. The molecule has 3 aliphatic carbocycles. The van der Waals surface area contributed by atoms with E-state index in [9.17, 15) is 44.7 Å². The van der Waals surface area contributed by atoms with Crippen LogP contribution in [0.25, 0.3) is 0 Å². The van der Waals surface area contributed by atoms with Crippen LogP contribution in [0, 0.1) is 34.5 Å². The van der Waals surface area contributed by atoms with Crippen LogP contribution in [0.4, 0.5) is 0 Å².